The van der Waals surface area contributed by atoms with Crippen LogP contribution < -0.4 is 4.74 Å². The molecular weight excluding hydrogens is 492 g/mol. The Morgan fingerprint density at radius 1 is 0.842 bits per heavy atom. The van der Waals surface area contributed by atoms with Gasteiger partial charge >= 0.3 is 0 Å². The summed E-state index contributed by atoms with van der Waals surface area (Å²) in [6, 6.07) is 14.1. The molecule has 2 fully saturated rings. The highest BCUT2D eigenvalue weighted by Gasteiger charge is 2.20. The second-order valence-electron chi connectivity index (χ2n) is 11.4. The fraction of sp³-hybridized carbons (Fsp3) is 0.594. The van der Waals surface area contributed by atoms with E-state index in [1.807, 2.05) is 24.3 Å². The van der Waals surface area contributed by atoms with Crippen LogP contribution in [-0.2, 0) is 13.2 Å². The minimum absolute atomic E-state index is 0.464. The molecule has 2 aliphatic heterocycles. The Labute approximate surface area is 234 Å². The number of fused-ring (bicyclic) bond motifs is 1. The molecule has 206 valence electrons. The van der Waals surface area contributed by atoms with Gasteiger partial charge in [0, 0.05) is 11.6 Å². The standard InChI is InChI=1S/C32H45ClN4O/c1-26-9-7-11-30-32(26)34-31(25-38-29-14-12-28(33)13-15-29)37(30)22-8-10-27-16-23-36(24-17-27)21-6-5-20-35-18-3-2-4-19-35/h7,9,11-15,27H,2-6,8,10,16-25H2,1H3. The van der Waals surface area contributed by atoms with Gasteiger partial charge in [0.2, 0.25) is 0 Å². The van der Waals surface area contributed by atoms with Crippen molar-refractivity contribution in [2.24, 2.45) is 5.92 Å². The zero-order valence-electron chi connectivity index (χ0n) is 23.2. The topological polar surface area (TPSA) is 33.5 Å². The molecule has 2 aromatic carbocycles. The summed E-state index contributed by atoms with van der Waals surface area (Å²) < 4.78 is 8.47. The van der Waals surface area contributed by atoms with Crippen molar-refractivity contribution in [2.75, 3.05) is 39.3 Å². The minimum Gasteiger partial charge on any atom is -0.486 e. The highest BCUT2D eigenvalue weighted by atomic mass is 35.5. The number of aryl methyl sites for hydroxylation is 2. The summed E-state index contributed by atoms with van der Waals surface area (Å²) in [7, 11) is 0. The summed E-state index contributed by atoms with van der Waals surface area (Å²) in [5.41, 5.74) is 3.53. The maximum Gasteiger partial charge on any atom is 0.148 e. The van der Waals surface area contributed by atoms with E-state index < -0.39 is 0 Å². The Morgan fingerprint density at radius 3 is 2.29 bits per heavy atom. The number of ether oxygens (including phenoxy) is 1. The number of hydrogen-bond donors (Lipinski definition) is 0. The van der Waals surface area contributed by atoms with Crippen LogP contribution in [0.2, 0.25) is 5.02 Å². The third kappa shape index (κ3) is 7.52. The lowest BCUT2D eigenvalue weighted by Gasteiger charge is -2.32. The maximum absolute atomic E-state index is 6.09. The molecule has 0 spiro atoms. The number of halogens is 1. The van der Waals surface area contributed by atoms with Crippen molar-refractivity contribution in [1.82, 2.24) is 19.4 Å². The van der Waals surface area contributed by atoms with Crippen molar-refractivity contribution in [3.63, 3.8) is 0 Å². The van der Waals surface area contributed by atoms with Crippen LogP contribution in [0.25, 0.3) is 11.0 Å². The van der Waals surface area contributed by atoms with Crippen molar-refractivity contribution in [3.8, 4) is 5.75 Å². The predicted molar refractivity (Wildman–Crippen MR) is 158 cm³/mol. The number of para-hydroxylation sites is 1. The lowest BCUT2D eigenvalue weighted by Crippen LogP contribution is -2.35. The van der Waals surface area contributed by atoms with Crippen LogP contribution in [0.3, 0.4) is 0 Å². The molecule has 0 aliphatic carbocycles. The molecule has 0 saturated carbocycles. The van der Waals surface area contributed by atoms with Crippen LogP contribution in [0.1, 0.15) is 69.2 Å². The number of aromatic nitrogens is 2. The largest absolute Gasteiger partial charge is 0.486 e. The van der Waals surface area contributed by atoms with E-state index in [4.69, 9.17) is 21.3 Å². The number of likely N-dealkylation sites (tertiary alicyclic amines) is 2. The zero-order chi connectivity index (χ0) is 26.2. The summed E-state index contributed by atoms with van der Waals surface area (Å²) in [5.74, 6) is 2.68. The Morgan fingerprint density at radius 2 is 1.55 bits per heavy atom. The van der Waals surface area contributed by atoms with Gasteiger partial charge in [-0.05, 0) is 139 Å². The van der Waals surface area contributed by atoms with E-state index in [1.54, 1.807) is 0 Å². The molecule has 2 aliphatic rings. The van der Waals surface area contributed by atoms with Gasteiger partial charge in [-0.3, -0.25) is 0 Å². The molecular formula is C32H45ClN4O. The summed E-state index contributed by atoms with van der Waals surface area (Å²) >= 11 is 6.03. The molecule has 5 rings (SSSR count). The Hall–Kier alpha value is -2.08. The fourth-order valence-corrected chi connectivity index (χ4v) is 6.39. The SMILES string of the molecule is Cc1cccc2c1nc(COc1ccc(Cl)cc1)n2CCCC1CCN(CCCCN2CCCCC2)CC1. The van der Waals surface area contributed by atoms with Crippen LogP contribution >= 0.6 is 11.6 Å². The van der Waals surface area contributed by atoms with Gasteiger partial charge in [-0.15, -0.1) is 0 Å². The summed E-state index contributed by atoms with van der Waals surface area (Å²) in [4.78, 5) is 10.4. The van der Waals surface area contributed by atoms with E-state index in [-0.39, 0.29) is 0 Å². The third-order valence-corrected chi connectivity index (χ3v) is 8.84. The number of hydrogen-bond acceptors (Lipinski definition) is 4. The van der Waals surface area contributed by atoms with Crippen LogP contribution in [0, 0.1) is 12.8 Å². The summed E-state index contributed by atoms with van der Waals surface area (Å²) in [5, 5.41) is 0.721. The van der Waals surface area contributed by atoms with Gasteiger partial charge in [0.05, 0.1) is 11.0 Å². The van der Waals surface area contributed by atoms with Gasteiger partial charge in [0.25, 0.3) is 0 Å². The molecule has 0 amide bonds. The van der Waals surface area contributed by atoms with Gasteiger partial charge < -0.3 is 19.1 Å². The first-order chi connectivity index (χ1) is 18.7. The Kier molecular flexibility index (Phi) is 10.00. The van der Waals surface area contributed by atoms with Crippen molar-refractivity contribution in [1.29, 1.82) is 0 Å². The lowest BCUT2D eigenvalue weighted by atomic mass is 9.92. The molecule has 1 aromatic heterocycles. The fourth-order valence-electron chi connectivity index (χ4n) is 6.26. The number of benzene rings is 2. The average molecular weight is 537 g/mol. The van der Waals surface area contributed by atoms with E-state index in [2.05, 4.69) is 39.5 Å². The number of imidazole rings is 1. The maximum atomic E-state index is 6.09. The van der Waals surface area contributed by atoms with Gasteiger partial charge in [-0.25, -0.2) is 4.98 Å². The van der Waals surface area contributed by atoms with Gasteiger partial charge in [-0.1, -0.05) is 30.2 Å². The first kappa shape index (κ1) is 27.5. The quantitative estimate of drug-likeness (QED) is 0.227. The van der Waals surface area contributed by atoms with E-state index in [9.17, 15) is 0 Å². The first-order valence-corrected chi connectivity index (χ1v) is 15.3. The smallest absolute Gasteiger partial charge is 0.148 e. The number of rotatable bonds is 12. The molecule has 6 heteroatoms. The van der Waals surface area contributed by atoms with Crippen LogP contribution in [0.15, 0.2) is 42.5 Å². The highest BCUT2D eigenvalue weighted by Crippen LogP contribution is 2.26. The number of piperidine rings is 2. The highest BCUT2D eigenvalue weighted by molar-refractivity contribution is 6.30. The molecule has 5 nitrogen and oxygen atoms in total. The summed E-state index contributed by atoms with van der Waals surface area (Å²) in [6.07, 6.45) is 12.2. The third-order valence-electron chi connectivity index (χ3n) is 8.59. The van der Waals surface area contributed by atoms with Crippen LogP contribution in [0.5, 0.6) is 5.75 Å². The number of nitrogens with zero attached hydrogens (tertiary/aromatic N) is 4. The molecule has 0 radical (unpaired) electrons. The lowest BCUT2D eigenvalue weighted by molar-refractivity contribution is 0.168. The van der Waals surface area contributed by atoms with Crippen molar-refractivity contribution >= 4 is 22.6 Å². The van der Waals surface area contributed by atoms with Crippen molar-refractivity contribution in [2.45, 2.75) is 77.9 Å². The van der Waals surface area contributed by atoms with Gasteiger partial charge in [-0.2, -0.15) is 0 Å². The van der Waals surface area contributed by atoms with E-state index in [0.29, 0.717) is 6.61 Å². The van der Waals surface area contributed by atoms with E-state index in [0.717, 1.165) is 34.6 Å². The monoisotopic (exact) mass is 536 g/mol. The normalized spacial score (nSPS) is 17.8. The molecule has 0 unspecified atom stereocenters. The summed E-state index contributed by atoms with van der Waals surface area (Å²) in [6.45, 7) is 11.4. The van der Waals surface area contributed by atoms with Gasteiger partial charge in [0.1, 0.15) is 18.2 Å². The Balaban J connectivity index is 1.07. The molecule has 38 heavy (non-hydrogen) atoms. The second kappa shape index (κ2) is 13.8. The van der Waals surface area contributed by atoms with Crippen molar-refractivity contribution < 1.29 is 4.74 Å². The van der Waals surface area contributed by atoms with E-state index in [1.165, 1.54) is 108 Å². The van der Waals surface area contributed by atoms with Gasteiger partial charge in [0.15, 0.2) is 0 Å². The molecule has 2 saturated heterocycles. The molecule has 3 heterocycles. The average Bonchev–Trinajstić information content (AvgIpc) is 3.31. The van der Waals surface area contributed by atoms with Crippen LogP contribution in [-0.4, -0.2) is 58.6 Å². The van der Waals surface area contributed by atoms with Crippen LogP contribution in [0.4, 0.5) is 0 Å². The Bertz CT molecular complexity index is 1130. The molecule has 0 atom stereocenters. The number of unbranched alkanes of at least 4 members (excludes halogenated alkanes) is 1. The molecule has 0 N–H and O–H groups in total. The molecule has 3 aromatic rings. The van der Waals surface area contributed by atoms with E-state index >= 15 is 0 Å². The first-order valence-electron chi connectivity index (χ1n) is 14.9. The second-order valence-corrected chi connectivity index (χ2v) is 11.8. The minimum atomic E-state index is 0.464. The predicted octanol–water partition coefficient (Wildman–Crippen LogP) is 7.34. The molecule has 0 bridgehead atoms. The zero-order valence-corrected chi connectivity index (χ0v) is 24.0. The van der Waals surface area contributed by atoms with Crippen molar-refractivity contribution in [3.05, 3.63) is 58.9 Å².